The molecule has 0 bridgehead atoms. The van der Waals surface area contributed by atoms with E-state index in [1.54, 1.807) is 6.33 Å². The van der Waals surface area contributed by atoms with Gasteiger partial charge in [0.05, 0.1) is 18.6 Å². The van der Waals surface area contributed by atoms with Crippen LogP contribution in [0.2, 0.25) is 0 Å². The number of aromatic amines is 1. The lowest BCUT2D eigenvalue weighted by Gasteiger charge is -2.04. The number of ether oxygens (including phenoxy) is 1. The number of nitrogens with zero attached hydrogens (tertiary/aromatic N) is 1. The second kappa shape index (κ2) is 4.22. The van der Waals surface area contributed by atoms with Crippen LogP contribution in [-0.2, 0) is 12.8 Å². The summed E-state index contributed by atoms with van der Waals surface area (Å²) in [5, 5.41) is 0. The summed E-state index contributed by atoms with van der Waals surface area (Å²) >= 11 is 0. The molecule has 4 heteroatoms. The van der Waals surface area contributed by atoms with Crippen LogP contribution < -0.4 is 10.5 Å². The topological polar surface area (TPSA) is 63.9 Å². The highest BCUT2D eigenvalue weighted by molar-refractivity contribution is 5.64. The lowest BCUT2D eigenvalue weighted by molar-refractivity contribution is 0.357. The molecule has 0 amide bonds. The zero-order valence-corrected chi connectivity index (χ0v) is 9.57. The zero-order valence-electron chi connectivity index (χ0n) is 9.57. The monoisotopic (exact) mass is 229 g/mol. The highest BCUT2D eigenvalue weighted by Crippen LogP contribution is 2.30. The van der Waals surface area contributed by atoms with Gasteiger partial charge in [-0.25, -0.2) is 4.98 Å². The van der Waals surface area contributed by atoms with Crippen LogP contribution in [0.4, 0.5) is 0 Å². The molecule has 2 aromatic rings. The Morgan fingerprint density at radius 2 is 2.35 bits per heavy atom. The molecule has 0 unspecified atom stereocenters. The first-order valence-electron chi connectivity index (χ1n) is 5.87. The summed E-state index contributed by atoms with van der Waals surface area (Å²) in [6.07, 6.45) is 3.53. The first kappa shape index (κ1) is 10.4. The molecule has 88 valence electrons. The minimum absolute atomic E-state index is 0.628. The lowest BCUT2D eigenvalue weighted by atomic mass is 10.0. The quantitative estimate of drug-likeness (QED) is 0.838. The molecule has 4 nitrogen and oxygen atoms in total. The Bertz CT molecular complexity index is 533. The van der Waals surface area contributed by atoms with Crippen molar-refractivity contribution in [3.8, 4) is 17.0 Å². The van der Waals surface area contributed by atoms with Gasteiger partial charge in [-0.2, -0.15) is 0 Å². The number of hydrogen-bond donors (Lipinski definition) is 2. The van der Waals surface area contributed by atoms with Crippen LogP contribution in [0.15, 0.2) is 24.5 Å². The van der Waals surface area contributed by atoms with Crippen LogP contribution >= 0.6 is 0 Å². The molecule has 0 saturated heterocycles. The molecule has 0 atom stereocenters. The SMILES string of the molecule is NCCc1[nH]cnc1-c1ccc2c(c1)CCO2. The van der Waals surface area contributed by atoms with Crippen molar-refractivity contribution < 1.29 is 4.74 Å². The van der Waals surface area contributed by atoms with Gasteiger partial charge in [-0.05, 0) is 30.3 Å². The molecule has 17 heavy (non-hydrogen) atoms. The van der Waals surface area contributed by atoms with Crippen molar-refractivity contribution in [2.45, 2.75) is 12.8 Å². The van der Waals surface area contributed by atoms with Crippen molar-refractivity contribution in [1.29, 1.82) is 0 Å². The van der Waals surface area contributed by atoms with Crippen molar-refractivity contribution >= 4 is 0 Å². The van der Waals surface area contributed by atoms with Gasteiger partial charge in [0.25, 0.3) is 0 Å². The number of rotatable bonds is 3. The molecule has 2 heterocycles. The summed E-state index contributed by atoms with van der Waals surface area (Å²) in [5.41, 5.74) is 10.1. The van der Waals surface area contributed by atoms with Crippen molar-refractivity contribution in [1.82, 2.24) is 9.97 Å². The second-order valence-corrected chi connectivity index (χ2v) is 4.19. The lowest BCUT2D eigenvalue weighted by Crippen LogP contribution is -2.04. The third-order valence-corrected chi connectivity index (χ3v) is 3.08. The number of imidazole rings is 1. The van der Waals surface area contributed by atoms with E-state index in [2.05, 4.69) is 22.1 Å². The summed E-state index contributed by atoms with van der Waals surface area (Å²) in [4.78, 5) is 7.53. The molecule has 0 aliphatic carbocycles. The Balaban J connectivity index is 2.00. The molecule has 1 aromatic carbocycles. The molecule has 3 N–H and O–H groups in total. The molecule has 0 fully saturated rings. The molecule has 3 rings (SSSR count). The van der Waals surface area contributed by atoms with Gasteiger partial charge in [-0.1, -0.05) is 0 Å². The van der Waals surface area contributed by atoms with Gasteiger partial charge < -0.3 is 15.5 Å². The van der Waals surface area contributed by atoms with Crippen LogP contribution in [0.3, 0.4) is 0 Å². The molecule has 1 aliphatic rings. The summed E-state index contributed by atoms with van der Waals surface area (Å²) < 4.78 is 5.50. The average Bonchev–Trinajstić information content (AvgIpc) is 2.96. The van der Waals surface area contributed by atoms with Crippen LogP contribution in [-0.4, -0.2) is 23.1 Å². The molecule has 1 aromatic heterocycles. The van der Waals surface area contributed by atoms with E-state index in [4.69, 9.17) is 10.5 Å². The van der Waals surface area contributed by atoms with E-state index in [1.807, 2.05) is 6.07 Å². The Morgan fingerprint density at radius 1 is 1.41 bits per heavy atom. The van der Waals surface area contributed by atoms with E-state index in [9.17, 15) is 0 Å². The third kappa shape index (κ3) is 1.80. The fraction of sp³-hybridized carbons (Fsp3) is 0.308. The Kier molecular flexibility index (Phi) is 2.57. The summed E-state index contributed by atoms with van der Waals surface area (Å²) in [5.74, 6) is 1.00. The van der Waals surface area contributed by atoms with E-state index in [1.165, 1.54) is 5.56 Å². The Morgan fingerprint density at radius 3 is 3.24 bits per heavy atom. The number of nitrogens with one attached hydrogen (secondary N) is 1. The van der Waals surface area contributed by atoms with Gasteiger partial charge in [0, 0.05) is 24.1 Å². The minimum Gasteiger partial charge on any atom is -0.493 e. The van der Waals surface area contributed by atoms with E-state index in [-0.39, 0.29) is 0 Å². The standard InChI is InChI=1S/C13H15N3O/c14-5-3-11-13(16-8-15-11)10-1-2-12-9(7-10)4-6-17-12/h1-2,7-8H,3-6,14H2,(H,15,16). The molecule has 0 saturated carbocycles. The van der Waals surface area contributed by atoms with Gasteiger partial charge in [0.1, 0.15) is 5.75 Å². The van der Waals surface area contributed by atoms with E-state index < -0.39 is 0 Å². The maximum atomic E-state index is 5.59. The maximum absolute atomic E-state index is 5.59. The molecule has 0 spiro atoms. The van der Waals surface area contributed by atoms with Gasteiger partial charge in [0.2, 0.25) is 0 Å². The van der Waals surface area contributed by atoms with Crippen molar-refractivity contribution in [3.63, 3.8) is 0 Å². The zero-order chi connectivity index (χ0) is 11.7. The van der Waals surface area contributed by atoms with Crippen LogP contribution in [0.1, 0.15) is 11.3 Å². The van der Waals surface area contributed by atoms with E-state index in [0.717, 1.165) is 42.1 Å². The fourth-order valence-corrected chi connectivity index (χ4v) is 2.24. The third-order valence-electron chi connectivity index (χ3n) is 3.08. The maximum Gasteiger partial charge on any atom is 0.122 e. The first-order valence-corrected chi connectivity index (χ1v) is 5.87. The van der Waals surface area contributed by atoms with Crippen LogP contribution in [0, 0.1) is 0 Å². The van der Waals surface area contributed by atoms with Gasteiger partial charge in [0.15, 0.2) is 0 Å². The number of fused-ring (bicyclic) bond motifs is 1. The fourth-order valence-electron chi connectivity index (χ4n) is 2.24. The number of aromatic nitrogens is 2. The normalized spacial score (nSPS) is 13.5. The Labute approximate surface area is 99.8 Å². The van der Waals surface area contributed by atoms with Crippen molar-refractivity contribution in [2.24, 2.45) is 5.73 Å². The van der Waals surface area contributed by atoms with E-state index in [0.29, 0.717) is 6.54 Å². The predicted molar refractivity (Wildman–Crippen MR) is 66.0 cm³/mol. The van der Waals surface area contributed by atoms with Crippen LogP contribution in [0.5, 0.6) is 5.75 Å². The summed E-state index contributed by atoms with van der Waals surface area (Å²) in [6.45, 7) is 1.41. The summed E-state index contributed by atoms with van der Waals surface area (Å²) in [6, 6.07) is 6.25. The molecule has 0 radical (unpaired) electrons. The van der Waals surface area contributed by atoms with Gasteiger partial charge >= 0.3 is 0 Å². The van der Waals surface area contributed by atoms with Gasteiger partial charge in [-0.3, -0.25) is 0 Å². The van der Waals surface area contributed by atoms with E-state index >= 15 is 0 Å². The number of nitrogens with two attached hydrogens (primary N) is 1. The highest BCUT2D eigenvalue weighted by Gasteiger charge is 2.14. The molecular formula is C13H15N3O. The predicted octanol–water partition coefficient (Wildman–Crippen LogP) is 1.51. The smallest absolute Gasteiger partial charge is 0.122 e. The highest BCUT2D eigenvalue weighted by atomic mass is 16.5. The molecule has 1 aliphatic heterocycles. The Hall–Kier alpha value is -1.81. The first-order chi connectivity index (χ1) is 8.38. The number of hydrogen-bond acceptors (Lipinski definition) is 3. The number of H-pyrrole nitrogens is 1. The van der Waals surface area contributed by atoms with Gasteiger partial charge in [-0.15, -0.1) is 0 Å². The van der Waals surface area contributed by atoms with Crippen molar-refractivity contribution in [2.75, 3.05) is 13.2 Å². The molecular weight excluding hydrogens is 214 g/mol. The largest absolute Gasteiger partial charge is 0.493 e. The second-order valence-electron chi connectivity index (χ2n) is 4.19. The number of benzene rings is 1. The van der Waals surface area contributed by atoms with Crippen molar-refractivity contribution in [3.05, 3.63) is 35.8 Å². The van der Waals surface area contributed by atoms with Crippen LogP contribution in [0.25, 0.3) is 11.3 Å². The minimum atomic E-state index is 0.628. The summed E-state index contributed by atoms with van der Waals surface area (Å²) in [7, 11) is 0. The average molecular weight is 229 g/mol.